The van der Waals surface area contributed by atoms with Crippen LogP contribution >= 0.6 is 11.8 Å². The summed E-state index contributed by atoms with van der Waals surface area (Å²) in [6.07, 6.45) is 6.16. The summed E-state index contributed by atoms with van der Waals surface area (Å²) in [7, 11) is 0. The average molecular weight is 221 g/mol. The van der Waals surface area contributed by atoms with Gasteiger partial charge in [-0.25, -0.2) is 0 Å². The van der Waals surface area contributed by atoms with Gasteiger partial charge in [-0.15, -0.1) is 11.8 Å². The van der Waals surface area contributed by atoms with Crippen molar-refractivity contribution < 1.29 is 0 Å². The van der Waals surface area contributed by atoms with Crippen LogP contribution in [0.4, 0.5) is 5.69 Å². The summed E-state index contributed by atoms with van der Waals surface area (Å²) in [6, 6.07) is 9.28. The quantitative estimate of drug-likeness (QED) is 0.774. The van der Waals surface area contributed by atoms with Crippen molar-refractivity contribution in [2.45, 2.75) is 37.1 Å². The van der Waals surface area contributed by atoms with E-state index in [1.807, 2.05) is 11.8 Å². The van der Waals surface area contributed by atoms with Crippen LogP contribution in [0.1, 0.15) is 26.2 Å². The van der Waals surface area contributed by atoms with Crippen molar-refractivity contribution in [1.29, 1.82) is 0 Å². The highest BCUT2D eigenvalue weighted by molar-refractivity contribution is 7.98. The van der Waals surface area contributed by atoms with Crippen LogP contribution in [0.5, 0.6) is 0 Å². The predicted octanol–water partition coefficient (Wildman–Crippen LogP) is 4.01. The van der Waals surface area contributed by atoms with Gasteiger partial charge < -0.3 is 5.32 Å². The van der Waals surface area contributed by atoms with Crippen LogP contribution in [-0.2, 0) is 0 Å². The Morgan fingerprint density at radius 1 is 1.27 bits per heavy atom. The van der Waals surface area contributed by atoms with Gasteiger partial charge >= 0.3 is 0 Å². The molecule has 0 saturated heterocycles. The molecule has 0 amide bonds. The van der Waals surface area contributed by atoms with Crippen LogP contribution in [0, 0.1) is 5.92 Å². The Labute approximate surface area is 96.7 Å². The molecule has 0 unspecified atom stereocenters. The van der Waals surface area contributed by atoms with Gasteiger partial charge in [0.25, 0.3) is 0 Å². The molecule has 0 bridgehead atoms. The van der Waals surface area contributed by atoms with E-state index in [2.05, 4.69) is 42.8 Å². The molecule has 0 aliphatic heterocycles. The number of benzene rings is 1. The monoisotopic (exact) mass is 221 g/mol. The summed E-state index contributed by atoms with van der Waals surface area (Å²) >= 11 is 1.82. The van der Waals surface area contributed by atoms with Crippen molar-refractivity contribution in [3.63, 3.8) is 0 Å². The number of anilines is 1. The summed E-state index contributed by atoms with van der Waals surface area (Å²) in [5.41, 5.74) is 1.31. The minimum Gasteiger partial charge on any atom is -0.381 e. The van der Waals surface area contributed by atoms with Crippen molar-refractivity contribution in [2.24, 2.45) is 5.92 Å². The third-order valence-electron chi connectivity index (χ3n) is 3.16. The zero-order chi connectivity index (χ0) is 10.7. The number of nitrogens with one attached hydrogen (secondary N) is 1. The molecule has 2 atom stereocenters. The second-order valence-electron chi connectivity index (χ2n) is 4.46. The average Bonchev–Trinajstić information content (AvgIpc) is 2.65. The number of hydrogen-bond donors (Lipinski definition) is 1. The highest BCUT2D eigenvalue weighted by Crippen LogP contribution is 2.31. The number of hydrogen-bond acceptors (Lipinski definition) is 2. The third kappa shape index (κ3) is 2.69. The smallest absolute Gasteiger partial charge is 0.0480 e. The van der Waals surface area contributed by atoms with Crippen LogP contribution in [0.25, 0.3) is 0 Å². The molecule has 0 heterocycles. The zero-order valence-corrected chi connectivity index (χ0v) is 10.3. The maximum absolute atomic E-state index is 3.67. The number of thioether (sulfide) groups is 1. The van der Waals surface area contributed by atoms with Gasteiger partial charge in [-0.2, -0.15) is 0 Å². The van der Waals surface area contributed by atoms with E-state index in [0.29, 0.717) is 6.04 Å². The Hall–Kier alpha value is -0.630. The molecule has 0 radical (unpaired) electrons. The maximum atomic E-state index is 3.67. The standard InChI is InChI=1S/C13H19NS/c1-10-7-8-11(9-10)14-12-5-3-4-6-13(12)15-2/h3-6,10-11,14H,7-9H2,1-2H3/t10-,11-/m0/s1. The lowest BCUT2D eigenvalue weighted by atomic mass is 10.1. The number of rotatable bonds is 3. The predicted molar refractivity (Wildman–Crippen MR) is 68.6 cm³/mol. The Kier molecular flexibility index (Phi) is 3.57. The second-order valence-corrected chi connectivity index (χ2v) is 5.31. The van der Waals surface area contributed by atoms with E-state index in [0.717, 1.165) is 5.92 Å². The Balaban J connectivity index is 2.04. The lowest BCUT2D eigenvalue weighted by Crippen LogP contribution is -2.15. The topological polar surface area (TPSA) is 12.0 Å². The molecule has 15 heavy (non-hydrogen) atoms. The normalized spacial score (nSPS) is 25.5. The Morgan fingerprint density at radius 3 is 2.73 bits per heavy atom. The Bertz CT molecular complexity index is 324. The summed E-state index contributed by atoms with van der Waals surface area (Å²) < 4.78 is 0. The summed E-state index contributed by atoms with van der Waals surface area (Å²) in [5.74, 6) is 0.893. The zero-order valence-electron chi connectivity index (χ0n) is 9.49. The fourth-order valence-corrected chi connectivity index (χ4v) is 2.88. The van der Waals surface area contributed by atoms with Crippen LogP contribution in [0.2, 0.25) is 0 Å². The second kappa shape index (κ2) is 4.93. The van der Waals surface area contributed by atoms with Gasteiger partial charge in [0.05, 0.1) is 0 Å². The minimum absolute atomic E-state index is 0.688. The SMILES string of the molecule is CSc1ccccc1N[C@H]1CC[C@H](C)C1. The highest BCUT2D eigenvalue weighted by atomic mass is 32.2. The van der Waals surface area contributed by atoms with Crippen molar-refractivity contribution in [1.82, 2.24) is 0 Å². The van der Waals surface area contributed by atoms with Crippen LogP contribution < -0.4 is 5.32 Å². The van der Waals surface area contributed by atoms with Gasteiger partial charge in [0, 0.05) is 16.6 Å². The largest absolute Gasteiger partial charge is 0.381 e. The van der Waals surface area contributed by atoms with E-state index in [4.69, 9.17) is 0 Å². The highest BCUT2D eigenvalue weighted by Gasteiger charge is 2.21. The van der Waals surface area contributed by atoms with Gasteiger partial charge in [0.15, 0.2) is 0 Å². The molecule has 82 valence electrons. The van der Waals surface area contributed by atoms with E-state index in [1.54, 1.807) is 0 Å². The molecule has 1 aromatic rings. The van der Waals surface area contributed by atoms with E-state index in [9.17, 15) is 0 Å². The first-order valence-corrected chi connectivity index (χ1v) is 6.91. The minimum atomic E-state index is 0.688. The van der Waals surface area contributed by atoms with Crippen LogP contribution in [0.3, 0.4) is 0 Å². The molecule has 1 aliphatic rings. The fourth-order valence-electron chi connectivity index (χ4n) is 2.32. The van der Waals surface area contributed by atoms with E-state index in [-0.39, 0.29) is 0 Å². The van der Waals surface area contributed by atoms with Gasteiger partial charge in [-0.05, 0) is 43.6 Å². The lowest BCUT2D eigenvalue weighted by molar-refractivity contribution is 0.602. The fraction of sp³-hybridized carbons (Fsp3) is 0.538. The van der Waals surface area contributed by atoms with Crippen molar-refractivity contribution in [2.75, 3.05) is 11.6 Å². The third-order valence-corrected chi connectivity index (χ3v) is 3.96. The molecule has 1 saturated carbocycles. The van der Waals surface area contributed by atoms with E-state index in [1.165, 1.54) is 29.8 Å². The summed E-state index contributed by atoms with van der Waals surface area (Å²) in [5, 5.41) is 3.67. The van der Waals surface area contributed by atoms with Crippen molar-refractivity contribution in [3.8, 4) is 0 Å². The molecular weight excluding hydrogens is 202 g/mol. The summed E-state index contributed by atoms with van der Waals surface area (Å²) in [4.78, 5) is 1.36. The molecule has 2 heteroatoms. The molecule has 0 spiro atoms. The van der Waals surface area contributed by atoms with Crippen LogP contribution in [0.15, 0.2) is 29.2 Å². The van der Waals surface area contributed by atoms with Crippen molar-refractivity contribution >= 4 is 17.4 Å². The maximum Gasteiger partial charge on any atom is 0.0480 e. The van der Waals surface area contributed by atoms with Crippen LogP contribution in [-0.4, -0.2) is 12.3 Å². The number of para-hydroxylation sites is 1. The molecule has 1 nitrogen and oxygen atoms in total. The first-order chi connectivity index (χ1) is 7.29. The Morgan fingerprint density at radius 2 is 2.07 bits per heavy atom. The van der Waals surface area contributed by atoms with Gasteiger partial charge in [0.2, 0.25) is 0 Å². The molecular formula is C13H19NS. The first-order valence-electron chi connectivity index (χ1n) is 5.69. The lowest BCUT2D eigenvalue weighted by Gasteiger charge is -2.16. The molecule has 0 aromatic heterocycles. The van der Waals surface area contributed by atoms with Crippen molar-refractivity contribution in [3.05, 3.63) is 24.3 Å². The molecule has 1 aromatic carbocycles. The molecule has 1 fully saturated rings. The van der Waals surface area contributed by atoms with E-state index < -0.39 is 0 Å². The van der Waals surface area contributed by atoms with Gasteiger partial charge in [0.1, 0.15) is 0 Å². The molecule has 1 aliphatic carbocycles. The van der Waals surface area contributed by atoms with Gasteiger partial charge in [-0.3, -0.25) is 0 Å². The molecule has 2 rings (SSSR count). The van der Waals surface area contributed by atoms with E-state index >= 15 is 0 Å². The molecule has 1 N–H and O–H groups in total. The summed E-state index contributed by atoms with van der Waals surface area (Å²) in [6.45, 7) is 2.35. The first kappa shape index (κ1) is 10.9. The van der Waals surface area contributed by atoms with Gasteiger partial charge in [-0.1, -0.05) is 19.1 Å².